The van der Waals surface area contributed by atoms with Gasteiger partial charge in [0.25, 0.3) is 0 Å². The number of halogens is 4. The second-order valence-corrected chi connectivity index (χ2v) is 4.98. The van der Waals surface area contributed by atoms with Gasteiger partial charge >= 0.3 is 6.18 Å². The molecule has 3 nitrogen and oxygen atoms in total. The Kier molecular flexibility index (Phi) is 4.42. The van der Waals surface area contributed by atoms with Crippen LogP contribution in [0.1, 0.15) is 22.7 Å². The number of benzene rings is 1. The summed E-state index contributed by atoms with van der Waals surface area (Å²) in [7, 11) is 0. The standard InChI is InChI=1S/C13H11BrF3N3/c14-11-4-3-8(6-10(11)13(15,16)17)12(20-18)9-2-1-5-19-7-9/h1-7,12,20H,18H2. The second-order valence-electron chi connectivity index (χ2n) is 4.12. The maximum Gasteiger partial charge on any atom is 0.417 e. The van der Waals surface area contributed by atoms with E-state index in [1.807, 2.05) is 0 Å². The van der Waals surface area contributed by atoms with Crippen LogP contribution in [0, 0.1) is 0 Å². The van der Waals surface area contributed by atoms with Gasteiger partial charge in [-0.2, -0.15) is 13.2 Å². The van der Waals surface area contributed by atoms with Crippen molar-refractivity contribution in [3.63, 3.8) is 0 Å². The van der Waals surface area contributed by atoms with Crippen LogP contribution in [-0.4, -0.2) is 4.98 Å². The van der Waals surface area contributed by atoms with E-state index < -0.39 is 17.8 Å². The third-order valence-electron chi connectivity index (χ3n) is 2.81. The quantitative estimate of drug-likeness (QED) is 0.662. The van der Waals surface area contributed by atoms with Crippen molar-refractivity contribution in [1.29, 1.82) is 0 Å². The Morgan fingerprint density at radius 1 is 1.20 bits per heavy atom. The Labute approximate surface area is 122 Å². The minimum absolute atomic E-state index is 0.00397. The lowest BCUT2D eigenvalue weighted by atomic mass is 9.99. The molecule has 0 bridgehead atoms. The number of rotatable bonds is 3. The van der Waals surface area contributed by atoms with Gasteiger partial charge in [0.2, 0.25) is 0 Å². The first kappa shape index (κ1) is 15.0. The molecule has 1 atom stereocenters. The van der Waals surface area contributed by atoms with Crippen molar-refractivity contribution >= 4 is 15.9 Å². The largest absolute Gasteiger partial charge is 0.417 e. The minimum atomic E-state index is -4.43. The normalized spacial score (nSPS) is 13.2. The van der Waals surface area contributed by atoms with Gasteiger partial charge in [0, 0.05) is 16.9 Å². The summed E-state index contributed by atoms with van der Waals surface area (Å²) in [4.78, 5) is 3.94. The van der Waals surface area contributed by atoms with Crippen molar-refractivity contribution in [2.24, 2.45) is 5.84 Å². The molecule has 1 aromatic carbocycles. The van der Waals surface area contributed by atoms with Crippen LogP contribution in [0.25, 0.3) is 0 Å². The highest BCUT2D eigenvalue weighted by Crippen LogP contribution is 2.36. The summed E-state index contributed by atoms with van der Waals surface area (Å²) in [5.41, 5.74) is 2.87. The lowest BCUT2D eigenvalue weighted by molar-refractivity contribution is -0.138. The van der Waals surface area contributed by atoms with Crippen LogP contribution in [0.5, 0.6) is 0 Å². The van der Waals surface area contributed by atoms with Crippen molar-refractivity contribution in [2.75, 3.05) is 0 Å². The topological polar surface area (TPSA) is 50.9 Å². The average Bonchev–Trinajstić information content (AvgIpc) is 2.41. The molecule has 2 aromatic rings. The van der Waals surface area contributed by atoms with Crippen LogP contribution in [0.2, 0.25) is 0 Å². The molecule has 0 aliphatic rings. The van der Waals surface area contributed by atoms with Crippen LogP contribution in [-0.2, 0) is 6.18 Å². The first-order valence-corrected chi connectivity index (χ1v) is 6.45. The molecule has 0 aliphatic carbocycles. The van der Waals surface area contributed by atoms with Gasteiger partial charge in [-0.3, -0.25) is 10.8 Å². The van der Waals surface area contributed by atoms with Crippen LogP contribution < -0.4 is 11.3 Å². The molecule has 20 heavy (non-hydrogen) atoms. The molecule has 0 fully saturated rings. The number of hydrogen-bond donors (Lipinski definition) is 2. The highest BCUT2D eigenvalue weighted by atomic mass is 79.9. The first-order valence-electron chi connectivity index (χ1n) is 5.66. The fourth-order valence-electron chi connectivity index (χ4n) is 1.87. The smallest absolute Gasteiger partial charge is 0.271 e. The zero-order valence-electron chi connectivity index (χ0n) is 10.2. The molecule has 0 radical (unpaired) electrons. The third kappa shape index (κ3) is 3.17. The summed E-state index contributed by atoms with van der Waals surface area (Å²) in [6, 6.07) is 6.89. The van der Waals surface area contributed by atoms with Crippen LogP contribution >= 0.6 is 15.9 Å². The number of hydrogen-bond acceptors (Lipinski definition) is 3. The highest BCUT2D eigenvalue weighted by Gasteiger charge is 2.33. The third-order valence-corrected chi connectivity index (χ3v) is 3.51. The maximum absolute atomic E-state index is 12.9. The summed E-state index contributed by atoms with van der Waals surface area (Å²) in [6.45, 7) is 0. The number of nitrogens with zero attached hydrogens (tertiary/aromatic N) is 1. The summed E-state index contributed by atoms with van der Waals surface area (Å²) < 4.78 is 38.7. The van der Waals surface area contributed by atoms with E-state index in [-0.39, 0.29) is 4.47 Å². The molecule has 0 aliphatic heterocycles. The van der Waals surface area contributed by atoms with Gasteiger partial charge in [0.15, 0.2) is 0 Å². The second kappa shape index (κ2) is 5.90. The van der Waals surface area contributed by atoms with E-state index in [0.717, 1.165) is 6.07 Å². The SMILES string of the molecule is NNC(c1cccnc1)c1ccc(Br)c(C(F)(F)F)c1. The van der Waals surface area contributed by atoms with Gasteiger partial charge in [-0.25, -0.2) is 5.43 Å². The fourth-order valence-corrected chi connectivity index (χ4v) is 2.34. The summed E-state index contributed by atoms with van der Waals surface area (Å²) in [5, 5.41) is 0. The van der Waals surface area contributed by atoms with E-state index in [9.17, 15) is 13.2 Å². The number of hydrazine groups is 1. The molecule has 0 saturated carbocycles. The van der Waals surface area contributed by atoms with Crippen molar-refractivity contribution in [1.82, 2.24) is 10.4 Å². The monoisotopic (exact) mass is 345 g/mol. The molecular weight excluding hydrogens is 335 g/mol. The van der Waals surface area contributed by atoms with Crippen molar-refractivity contribution in [3.8, 4) is 0 Å². The Bertz CT molecular complexity index is 587. The minimum Gasteiger partial charge on any atom is -0.271 e. The van der Waals surface area contributed by atoms with Gasteiger partial charge in [-0.15, -0.1) is 0 Å². The molecule has 106 valence electrons. The van der Waals surface area contributed by atoms with Crippen LogP contribution in [0.4, 0.5) is 13.2 Å². The lowest BCUT2D eigenvalue weighted by Crippen LogP contribution is -2.29. The summed E-state index contributed by atoms with van der Waals surface area (Å²) >= 11 is 2.91. The van der Waals surface area contributed by atoms with E-state index >= 15 is 0 Å². The van der Waals surface area contributed by atoms with Gasteiger partial charge in [-0.05, 0) is 29.3 Å². The molecule has 0 saturated heterocycles. The number of pyridine rings is 1. The summed E-state index contributed by atoms with van der Waals surface area (Å²) in [5.74, 6) is 5.46. The molecule has 1 aromatic heterocycles. The molecule has 2 rings (SSSR count). The highest BCUT2D eigenvalue weighted by molar-refractivity contribution is 9.10. The Balaban J connectivity index is 2.46. The van der Waals surface area contributed by atoms with Crippen molar-refractivity contribution in [2.45, 2.75) is 12.2 Å². The van der Waals surface area contributed by atoms with Gasteiger partial charge in [0.05, 0.1) is 11.6 Å². The van der Waals surface area contributed by atoms with E-state index in [2.05, 4.69) is 26.3 Å². The molecule has 0 spiro atoms. The van der Waals surface area contributed by atoms with Crippen LogP contribution in [0.3, 0.4) is 0 Å². The van der Waals surface area contributed by atoms with Crippen molar-refractivity contribution in [3.05, 3.63) is 63.9 Å². The Hall–Kier alpha value is -1.44. The fraction of sp³-hybridized carbons (Fsp3) is 0.154. The number of alkyl halides is 3. The van der Waals surface area contributed by atoms with E-state index in [4.69, 9.17) is 5.84 Å². The molecular formula is C13H11BrF3N3. The molecule has 1 unspecified atom stereocenters. The van der Waals surface area contributed by atoms with Gasteiger partial charge in [0.1, 0.15) is 0 Å². The first-order chi connectivity index (χ1) is 9.43. The lowest BCUT2D eigenvalue weighted by Gasteiger charge is -2.18. The number of nitrogens with two attached hydrogens (primary N) is 1. The maximum atomic E-state index is 12.9. The van der Waals surface area contributed by atoms with Crippen molar-refractivity contribution < 1.29 is 13.2 Å². The molecule has 7 heteroatoms. The zero-order valence-corrected chi connectivity index (χ0v) is 11.7. The molecule has 0 amide bonds. The zero-order chi connectivity index (χ0) is 14.8. The van der Waals surface area contributed by atoms with E-state index in [1.165, 1.54) is 6.07 Å². The Morgan fingerprint density at radius 2 is 1.95 bits per heavy atom. The van der Waals surface area contributed by atoms with Crippen LogP contribution in [0.15, 0.2) is 47.2 Å². The predicted octanol–water partition coefficient (Wildman–Crippen LogP) is 3.42. The molecule has 3 N–H and O–H groups in total. The Morgan fingerprint density at radius 3 is 2.50 bits per heavy atom. The average molecular weight is 346 g/mol. The predicted molar refractivity (Wildman–Crippen MR) is 72.5 cm³/mol. The van der Waals surface area contributed by atoms with E-state index in [1.54, 1.807) is 30.6 Å². The van der Waals surface area contributed by atoms with Gasteiger partial charge in [-0.1, -0.05) is 28.1 Å². The number of aromatic nitrogens is 1. The van der Waals surface area contributed by atoms with Gasteiger partial charge < -0.3 is 0 Å². The number of nitrogens with one attached hydrogen (secondary N) is 1. The van der Waals surface area contributed by atoms with E-state index in [0.29, 0.717) is 11.1 Å². The molecule has 1 heterocycles. The summed E-state index contributed by atoms with van der Waals surface area (Å²) in [6.07, 6.45) is -1.29.